The minimum atomic E-state index is -4.05. The first kappa shape index (κ1) is 22.9. The number of rotatable bonds is 8. The summed E-state index contributed by atoms with van der Waals surface area (Å²) in [6.45, 7) is 1.78. The minimum absolute atomic E-state index is 0.0450. The Morgan fingerprint density at radius 3 is 2.32 bits per heavy atom. The molecule has 9 heteroatoms. The number of carbonyl (C=O) groups excluding carboxylic acids is 1. The Kier molecular flexibility index (Phi) is 7.43. The van der Waals surface area contributed by atoms with Crippen molar-refractivity contribution in [3.63, 3.8) is 0 Å². The average molecular weight is 479 g/mol. The molecule has 6 nitrogen and oxygen atoms in total. The molecule has 31 heavy (non-hydrogen) atoms. The van der Waals surface area contributed by atoms with Crippen LogP contribution in [0.5, 0.6) is 5.75 Å². The number of anilines is 2. The van der Waals surface area contributed by atoms with Crippen molar-refractivity contribution in [2.24, 2.45) is 0 Å². The second-order valence-electron chi connectivity index (χ2n) is 6.40. The predicted molar refractivity (Wildman–Crippen MR) is 124 cm³/mol. The average Bonchev–Trinajstić information content (AvgIpc) is 2.76. The van der Waals surface area contributed by atoms with Crippen LogP contribution < -0.4 is 14.4 Å². The number of amides is 1. The Morgan fingerprint density at radius 1 is 0.968 bits per heavy atom. The monoisotopic (exact) mass is 478 g/mol. The van der Waals surface area contributed by atoms with Crippen LogP contribution in [0.25, 0.3) is 0 Å². The standard InChI is InChI=1S/C22H20Cl2N2O4S/c1-2-30-21-11-7-6-10-20(21)25-22(27)15-26(16-12-13-18(23)19(24)14-16)31(28,29)17-8-4-3-5-9-17/h3-14H,2,15H2,1H3,(H,25,27). The summed E-state index contributed by atoms with van der Waals surface area (Å²) in [5.41, 5.74) is 0.659. The highest BCUT2D eigenvalue weighted by Gasteiger charge is 2.28. The third kappa shape index (κ3) is 5.50. The molecule has 3 aromatic rings. The number of para-hydroxylation sites is 2. The molecule has 1 amide bonds. The summed E-state index contributed by atoms with van der Waals surface area (Å²) in [4.78, 5) is 12.9. The largest absolute Gasteiger partial charge is 0.492 e. The van der Waals surface area contributed by atoms with Crippen LogP contribution in [0.4, 0.5) is 11.4 Å². The first-order chi connectivity index (χ1) is 14.8. The van der Waals surface area contributed by atoms with E-state index in [-0.39, 0.29) is 20.6 Å². The summed E-state index contributed by atoms with van der Waals surface area (Å²) in [5.74, 6) is -0.0527. The number of nitrogens with one attached hydrogen (secondary N) is 1. The van der Waals surface area contributed by atoms with Gasteiger partial charge >= 0.3 is 0 Å². The molecule has 1 N–H and O–H groups in total. The molecule has 0 spiro atoms. The van der Waals surface area contributed by atoms with Crippen molar-refractivity contribution in [1.29, 1.82) is 0 Å². The number of nitrogens with zero attached hydrogens (tertiary/aromatic N) is 1. The van der Waals surface area contributed by atoms with Crippen LogP contribution in [0.1, 0.15) is 6.92 Å². The van der Waals surface area contributed by atoms with Crippen molar-refractivity contribution < 1.29 is 17.9 Å². The van der Waals surface area contributed by atoms with Crippen LogP contribution in [0, 0.1) is 0 Å². The zero-order chi connectivity index (χ0) is 22.4. The molecule has 3 aromatic carbocycles. The molecule has 0 aromatic heterocycles. The summed E-state index contributed by atoms with van der Waals surface area (Å²) < 4.78 is 33.2. The van der Waals surface area contributed by atoms with Crippen molar-refractivity contribution >= 4 is 50.5 Å². The van der Waals surface area contributed by atoms with Gasteiger partial charge in [0.05, 0.1) is 32.9 Å². The minimum Gasteiger partial charge on any atom is -0.492 e. The zero-order valence-electron chi connectivity index (χ0n) is 16.6. The number of halogens is 2. The van der Waals surface area contributed by atoms with Gasteiger partial charge in [0.25, 0.3) is 10.0 Å². The Balaban J connectivity index is 1.95. The summed E-state index contributed by atoms with van der Waals surface area (Å²) in [7, 11) is -4.05. The van der Waals surface area contributed by atoms with Crippen LogP contribution in [-0.2, 0) is 14.8 Å². The van der Waals surface area contributed by atoms with Gasteiger partial charge in [-0.15, -0.1) is 0 Å². The number of ether oxygens (including phenoxy) is 1. The predicted octanol–water partition coefficient (Wildman–Crippen LogP) is 5.23. The van der Waals surface area contributed by atoms with Gasteiger partial charge in [-0.25, -0.2) is 8.42 Å². The molecule has 0 unspecified atom stereocenters. The smallest absolute Gasteiger partial charge is 0.264 e. The van der Waals surface area contributed by atoms with Gasteiger partial charge in [-0.3, -0.25) is 9.10 Å². The third-order valence-corrected chi connectivity index (χ3v) is 6.80. The highest BCUT2D eigenvalue weighted by atomic mass is 35.5. The molecule has 0 heterocycles. The highest BCUT2D eigenvalue weighted by Crippen LogP contribution is 2.31. The molecule has 0 atom stereocenters. The lowest BCUT2D eigenvalue weighted by atomic mass is 10.3. The van der Waals surface area contributed by atoms with E-state index in [2.05, 4.69) is 5.32 Å². The first-order valence-electron chi connectivity index (χ1n) is 9.37. The van der Waals surface area contributed by atoms with Crippen LogP contribution in [0.2, 0.25) is 10.0 Å². The van der Waals surface area contributed by atoms with Crippen molar-refractivity contribution in [2.45, 2.75) is 11.8 Å². The second-order valence-corrected chi connectivity index (χ2v) is 9.08. The molecular weight excluding hydrogens is 459 g/mol. The van der Waals surface area contributed by atoms with E-state index < -0.39 is 22.5 Å². The summed E-state index contributed by atoms with van der Waals surface area (Å²) in [5, 5.41) is 3.17. The fourth-order valence-electron chi connectivity index (χ4n) is 2.85. The number of benzene rings is 3. The molecule has 0 aliphatic carbocycles. The molecule has 0 saturated carbocycles. The Bertz CT molecular complexity index is 1170. The fraction of sp³-hybridized carbons (Fsp3) is 0.136. The summed E-state index contributed by atoms with van der Waals surface area (Å²) >= 11 is 12.1. The van der Waals surface area contributed by atoms with E-state index in [1.165, 1.54) is 30.3 Å². The third-order valence-electron chi connectivity index (χ3n) is 4.27. The van der Waals surface area contributed by atoms with Gasteiger partial charge in [0.1, 0.15) is 12.3 Å². The normalized spacial score (nSPS) is 11.1. The number of hydrogen-bond donors (Lipinski definition) is 1. The molecule has 0 radical (unpaired) electrons. The van der Waals surface area contributed by atoms with E-state index >= 15 is 0 Å². The van der Waals surface area contributed by atoms with Crippen molar-refractivity contribution in [3.8, 4) is 5.75 Å². The number of sulfonamides is 1. The number of carbonyl (C=O) groups is 1. The SMILES string of the molecule is CCOc1ccccc1NC(=O)CN(c1ccc(Cl)c(Cl)c1)S(=O)(=O)c1ccccc1. The number of hydrogen-bond acceptors (Lipinski definition) is 4. The Labute approximate surface area is 191 Å². The molecule has 0 bridgehead atoms. The molecule has 0 fully saturated rings. The first-order valence-corrected chi connectivity index (χ1v) is 11.6. The van der Waals surface area contributed by atoms with Crippen molar-refractivity contribution in [2.75, 3.05) is 22.8 Å². The maximum atomic E-state index is 13.3. The summed E-state index contributed by atoms with van der Waals surface area (Å²) in [6.07, 6.45) is 0. The van der Waals surface area contributed by atoms with Crippen LogP contribution in [-0.4, -0.2) is 27.5 Å². The second kappa shape index (κ2) is 10.0. The zero-order valence-corrected chi connectivity index (χ0v) is 18.9. The lowest BCUT2D eigenvalue weighted by molar-refractivity contribution is -0.114. The van der Waals surface area contributed by atoms with E-state index in [0.29, 0.717) is 18.0 Å². The van der Waals surface area contributed by atoms with Crippen molar-refractivity contribution in [1.82, 2.24) is 0 Å². The molecular formula is C22H20Cl2N2O4S. The van der Waals surface area contributed by atoms with Crippen LogP contribution in [0.15, 0.2) is 77.7 Å². The van der Waals surface area contributed by atoms with Gasteiger partial charge < -0.3 is 10.1 Å². The van der Waals surface area contributed by atoms with Gasteiger partial charge in [-0.05, 0) is 49.4 Å². The van der Waals surface area contributed by atoms with Crippen molar-refractivity contribution in [3.05, 3.63) is 82.8 Å². The fourth-order valence-corrected chi connectivity index (χ4v) is 4.57. The van der Waals surface area contributed by atoms with E-state index in [1.54, 1.807) is 42.5 Å². The van der Waals surface area contributed by atoms with Gasteiger partial charge in [0, 0.05) is 0 Å². The van der Waals surface area contributed by atoms with E-state index in [0.717, 1.165) is 4.31 Å². The van der Waals surface area contributed by atoms with Gasteiger partial charge in [0.15, 0.2) is 0 Å². The van der Waals surface area contributed by atoms with Crippen LogP contribution in [0.3, 0.4) is 0 Å². The van der Waals surface area contributed by atoms with Gasteiger partial charge in [-0.2, -0.15) is 0 Å². The Hall–Kier alpha value is -2.74. The molecule has 3 rings (SSSR count). The van der Waals surface area contributed by atoms with E-state index in [9.17, 15) is 13.2 Å². The lowest BCUT2D eigenvalue weighted by Crippen LogP contribution is -2.38. The maximum Gasteiger partial charge on any atom is 0.264 e. The molecule has 0 saturated heterocycles. The molecule has 0 aliphatic rings. The van der Waals surface area contributed by atoms with Crippen LogP contribution >= 0.6 is 23.2 Å². The topological polar surface area (TPSA) is 75.7 Å². The Morgan fingerprint density at radius 2 is 1.65 bits per heavy atom. The van der Waals surface area contributed by atoms with Gasteiger partial charge in [0.2, 0.25) is 5.91 Å². The van der Waals surface area contributed by atoms with E-state index in [1.807, 2.05) is 6.92 Å². The molecule has 162 valence electrons. The van der Waals surface area contributed by atoms with Gasteiger partial charge in [-0.1, -0.05) is 53.5 Å². The highest BCUT2D eigenvalue weighted by molar-refractivity contribution is 7.92. The maximum absolute atomic E-state index is 13.3. The lowest BCUT2D eigenvalue weighted by Gasteiger charge is -2.24. The summed E-state index contributed by atoms with van der Waals surface area (Å²) in [6, 6.07) is 19.2. The quantitative estimate of drug-likeness (QED) is 0.480. The molecule has 0 aliphatic heterocycles. The van der Waals surface area contributed by atoms with E-state index in [4.69, 9.17) is 27.9 Å².